The maximum Gasteiger partial charge on any atom is 0.161 e. The van der Waals surface area contributed by atoms with Gasteiger partial charge in [0.05, 0.1) is 0 Å². The minimum Gasteiger partial charge on any atom is -0.370 e. The summed E-state index contributed by atoms with van der Waals surface area (Å²) in [6.45, 7) is 7.01. The Labute approximate surface area is 108 Å². The first-order valence-corrected chi connectivity index (χ1v) is 6.21. The third-order valence-corrected chi connectivity index (χ3v) is 2.55. The van der Waals surface area contributed by atoms with Crippen LogP contribution in [0.3, 0.4) is 0 Å². The molecule has 0 atom stereocenters. The molecular formula is C14H18N4. The van der Waals surface area contributed by atoms with Crippen molar-refractivity contribution in [3.05, 3.63) is 35.8 Å². The Hall–Kier alpha value is -1.97. The van der Waals surface area contributed by atoms with Gasteiger partial charge in [-0.05, 0) is 38.5 Å². The van der Waals surface area contributed by atoms with E-state index in [9.17, 15) is 0 Å². The zero-order valence-corrected chi connectivity index (χ0v) is 11.1. The van der Waals surface area contributed by atoms with E-state index in [0.717, 1.165) is 41.6 Å². The fourth-order valence-corrected chi connectivity index (χ4v) is 1.81. The van der Waals surface area contributed by atoms with Crippen molar-refractivity contribution in [3.63, 3.8) is 0 Å². The molecule has 0 aliphatic rings. The lowest BCUT2D eigenvalue weighted by Gasteiger charge is -2.06. The highest BCUT2D eigenvalue weighted by molar-refractivity contribution is 5.57. The van der Waals surface area contributed by atoms with Crippen LogP contribution in [-0.2, 0) is 0 Å². The average molecular weight is 242 g/mol. The van der Waals surface area contributed by atoms with Gasteiger partial charge in [-0.15, -0.1) is 0 Å². The lowest BCUT2D eigenvalue weighted by atomic mass is 10.2. The summed E-state index contributed by atoms with van der Waals surface area (Å²) in [4.78, 5) is 13.2. The summed E-state index contributed by atoms with van der Waals surface area (Å²) < 4.78 is 0. The van der Waals surface area contributed by atoms with Crippen LogP contribution < -0.4 is 5.32 Å². The van der Waals surface area contributed by atoms with E-state index in [1.165, 1.54) is 0 Å². The van der Waals surface area contributed by atoms with Crippen molar-refractivity contribution >= 4 is 5.82 Å². The van der Waals surface area contributed by atoms with E-state index in [1.54, 1.807) is 6.20 Å². The largest absolute Gasteiger partial charge is 0.370 e. The van der Waals surface area contributed by atoms with Gasteiger partial charge in [0.25, 0.3) is 0 Å². The lowest BCUT2D eigenvalue weighted by molar-refractivity contribution is 0.965. The molecule has 0 spiro atoms. The molecule has 0 radical (unpaired) electrons. The second-order valence-electron chi connectivity index (χ2n) is 4.33. The smallest absolute Gasteiger partial charge is 0.161 e. The van der Waals surface area contributed by atoms with Crippen LogP contribution in [0.4, 0.5) is 5.82 Å². The molecule has 0 aliphatic carbocycles. The van der Waals surface area contributed by atoms with Gasteiger partial charge in [-0.25, -0.2) is 9.97 Å². The Balaban J connectivity index is 2.32. The summed E-state index contributed by atoms with van der Waals surface area (Å²) in [5.41, 5.74) is 2.99. The zero-order chi connectivity index (χ0) is 13.0. The van der Waals surface area contributed by atoms with Crippen LogP contribution in [0, 0.1) is 13.8 Å². The van der Waals surface area contributed by atoms with Crippen LogP contribution in [0.1, 0.15) is 24.7 Å². The summed E-state index contributed by atoms with van der Waals surface area (Å²) in [5.74, 6) is 1.61. The van der Waals surface area contributed by atoms with Crippen molar-refractivity contribution in [1.82, 2.24) is 15.0 Å². The van der Waals surface area contributed by atoms with Crippen LogP contribution in [0.15, 0.2) is 24.4 Å². The normalized spacial score (nSPS) is 10.4. The fraction of sp³-hybridized carbons (Fsp3) is 0.357. The molecule has 1 N–H and O–H groups in total. The lowest BCUT2D eigenvalue weighted by Crippen LogP contribution is -2.03. The molecule has 2 heterocycles. The SMILES string of the molecule is CCCNc1ccnc(-c2cc(C)nc(C)c2)n1. The number of nitrogens with zero attached hydrogens (tertiary/aromatic N) is 3. The number of nitrogens with one attached hydrogen (secondary N) is 1. The summed E-state index contributed by atoms with van der Waals surface area (Å²) in [6.07, 6.45) is 2.86. The van der Waals surface area contributed by atoms with Crippen molar-refractivity contribution in [1.29, 1.82) is 0 Å². The van der Waals surface area contributed by atoms with E-state index >= 15 is 0 Å². The Bertz CT molecular complexity index is 517. The number of anilines is 1. The summed E-state index contributed by atoms with van der Waals surface area (Å²) in [6, 6.07) is 5.90. The second-order valence-corrected chi connectivity index (χ2v) is 4.33. The second kappa shape index (κ2) is 5.58. The van der Waals surface area contributed by atoms with E-state index in [-0.39, 0.29) is 0 Å². The van der Waals surface area contributed by atoms with Crippen LogP contribution >= 0.6 is 0 Å². The summed E-state index contributed by atoms with van der Waals surface area (Å²) in [7, 11) is 0. The highest BCUT2D eigenvalue weighted by Gasteiger charge is 2.04. The van der Waals surface area contributed by atoms with Gasteiger partial charge in [0.15, 0.2) is 5.82 Å². The van der Waals surface area contributed by atoms with Crippen LogP contribution in [0.25, 0.3) is 11.4 Å². The third-order valence-electron chi connectivity index (χ3n) is 2.55. The highest BCUT2D eigenvalue weighted by atomic mass is 15.0. The Morgan fingerprint density at radius 2 is 1.83 bits per heavy atom. The van der Waals surface area contributed by atoms with Gasteiger partial charge in [0.2, 0.25) is 0 Å². The van der Waals surface area contributed by atoms with Crippen molar-refractivity contribution in [2.24, 2.45) is 0 Å². The van der Waals surface area contributed by atoms with Gasteiger partial charge in [0, 0.05) is 29.7 Å². The van der Waals surface area contributed by atoms with Gasteiger partial charge >= 0.3 is 0 Å². The van der Waals surface area contributed by atoms with E-state index in [1.807, 2.05) is 32.0 Å². The number of aryl methyl sites for hydroxylation is 2. The highest BCUT2D eigenvalue weighted by Crippen LogP contribution is 2.17. The molecule has 0 unspecified atom stereocenters. The molecule has 0 amide bonds. The molecule has 2 aromatic rings. The Morgan fingerprint density at radius 1 is 1.11 bits per heavy atom. The maximum absolute atomic E-state index is 4.51. The van der Waals surface area contributed by atoms with Gasteiger partial charge in [-0.3, -0.25) is 4.98 Å². The molecule has 2 aromatic heterocycles. The number of aromatic nitrogens is 3. The minimum atomic E-state index is 0.740. The van der Waals surface area contributed by atoms with Gasteiger partial charge in [-0.2, -0.15) is 0 Å². The molecular weight excluding hydrogens is 224 g/mol. The molecule has 0 bridgehead atoms. The van der Waals surface area contributed by atoms with Crippen molar-refractivity contribution < 1.29 is 0 Å². The van der Waals surface area contributed by atoms with Crippen molar-refractivity contribution in [2.45, 2.75) is 27.2 Å². The monoisotopic (exact) mass is 242 g/mol. The van der Waals surface area contributed by atoms with Gasteiger partial charge in [-0.1, -0.05) is 6.92 Å². The number of rotatable bonds is 4. The predicted octanol–water partition coefficient (Wildman–Crippen LogP) is 2.98. The quantitative estimate of drug-likeness (QED) is 0.895. The molecule has 0 saturated heterocycles. The Morgan fingerprint density at radius 3 is 2.50 bits per heavy atom. The van der Waals surface area contributed by atoms with Crippen molar-refractivity contribution in [2.75, 3.05) is 11.9 Å². The maximum atomic E-state index is 4.51. The number of hydrogen-bond donors (Lipinski definition) is 1. The average Bonchev–Trinajstić information content (AvgIpc) is 2.35. The first-order chi connectivity index (χ1) is 8.69. The molecule has 0 saturated carbocycles. The molecule has 4 nitrogen and oxygen atoms in total. The molecule has 0 aromatic carbocycles. The Kier molecular flexibility index (Phi) is 3.87. The molecule has 18 heavy (non-hydrogen) atoms. The first-order valence-electron chi connectivity index (χ1n) is 6.21. The van der Waals surface area contributed by atoms with E-state index in [2.05, 4.69) is 27.2 Å². The van der Waals surface area contributed by atoms with Crippen LogP contribution in [0.5, 0.6) is 0 Å². The molecule has 0 aliphatic heterocycles. The molecule has 2 rings (SSSR count). The minimum absolute atomic E-state index is 0.740. The fourth-order valence-electron chi connectivity index (χ4n) is 1.81. The molecule has 94 valence electrons. The van der Waals surface area contributed by atoms with E-state index in [4.69, 9.17) is 0 Å². The van der Waals surface area contributed by atoms with E-state index in [0.29, 0.717) is 0 Å². The van der Waals surface area contributed by atoms with Gasteiger partial charge in [0.1, 0.15) is 5.82 Å². The number of hydrogen-bond acceptors (Lipinski definition) is 4. The zero-order valence-electron chi connectivity index (χ0n) is 11.1. The van der Waals surface area contributed by atoms with Crippen LogP contribution in [-0.4, -0.2) is 21.5 Å². The first kappa shape index (κ1) is 12.5. The molecule has 0 fully saturated rings. The summed E-state index contributed by atoms with van der Waals surface area (Å²) >= 11 is 0. The van der Waals surface area contributed by atoms with Crippen LogP contribution in [0.2, 0.25) is 0 Å². The summed E-state index contributed by atoms with van der Waals surface area (Å²) in [5, 5.41) is 3.27. The predicted molar refractivity (Wildman–Crippen MR) is 73.5 cm³/mol. The van der Waals surface area contributed by atoms with Crippen molar-refractivity contribution in [3.8, 4) is 11.4 Å². The molecule has 4 heteroatoms. The standard InChI is InChI=1S/C14H18N4/c1-4-6-15-13-5-7-16-14(18-13)12-8-10(2)17-11(3)9-12/h5,7-9H,4,6H2,1-3H3,(H,15,16,18). The third kappa shape index (κ3) is 3.03. The topological polar surface area (TPSA) is 50.7 Å². The number of pyridine rings is 1. The van der Waals surface area contributed by atoms with Gasteiger partial charge < -0.3 is 5.32 Å². The van der Waals surface area contributed by atoms with E-state index < -0.39 is 0 Å².